The zero-order chi connectivity index (χ0) is 52.7. The molecule has 5 atom stereocenters. The molecule has 4 aromatic carbocycles. The van der Waals surface area contributed by atoms with Crippen LogP contribution in [0.5, 0.6) is 0 Å². The number of amides is 2. The molecule has 4 aromatic rings. The summed E-state index contributed by atoms with van der Waals surface area (Å²) >= 11 is 0. The molecule has 4 saturated heterocycles. The Hall–Kier alpha value is -5.31. The number of aryl methyl sites for hydroxylation is 4. The van der Waals surface area contributed by atoms with E-state index in [1.165, 1.54) is 29.8 Å². The van der Waals surface area contributed by atoms with Gasteiger partial charge in [0.25, 0.3) is 0 Å². The van der Waals surface area contributed by atoms with E-state index in [-0.39, 0.29) is 46.4 Å². The maximum atomic E-state index is 14.8. The van der Waals surface area contributed by atoms with E-state index < -0.39 is 35.3 Å². The molecule has 14 heteroatoms. The number of aliphatic hydroxyl groups excluding tert-OH is 1. The number of carbonyl (C=O) groups is 3. The summed E-state index contributed by atoms with van der Waals surface area (Å²) in [7, 11) is 0. The van der Waals surface area contributed by atoms with Crippen molar-refractivity contribution < 1.29 is 37.1 Å². The van der Waals surface area contributed by atoms with Crippen LogP contribution in [-0.4, -0.2) is 132 Å². The van der Waals surface area contributed by atoms with Crippen LogP contribution >= 0.6 is 0 Å². The fourth-order valence-electron chi connectivity index (χ4n) is 11.0. The van der Waals surface area contributed by atoms with Gasteiger partial charge in [0.05, 0.1) is 17.9 Å². The van der Waals surface area contributed by atoms with Crippen molar-refractivity contribution in [3.05, 3.63) is 128 Å². The molecule has 0 bridgehead atoms. The Balaban J connectivity index is 0.000000211. The van der Waals surface area contributed by atoms with E-state index in [9.17, 15) is 37.1 Å². The summed E-state index contributed by atoms with van der Waals surface area (Å²) in [6, 6.07) is 15.6. The smallest absolute Gasteiger partial charge is 0.227 e. The number of Topliss-reactive ketones (excluding diaryl/α,β-unsaturated/α-hetero) is 1. The summed E-state index contributed by atoms with van der Waals surface area (Å²) in [5.74, 6) is -3.76. The maximum absolute atomic E-state index is 14.8. The van der Waals surface area contributed by atoms with Gasteiger partial charge in [-0.05, 0) is 147 Å². The Kier molecular flexibility index (Phi) is 16.4. The molecule has 0 radical (unpaired) electrons. The highest BCUT2D eigenvalue weighted by Crippen LogP contribution is 2.41. The topological polar surface area (TPSA) is 90.9 Å². The average molecular weight is 997 g/mol. The van der Waals surface area contributed by atoms with Gasteiger partial charge < -0.3 is 24.7 Å². The first-order valence-electron chi connectivity index (χ1n) is 25.6. The lowest BCUT2D eigenvalue weighted by Gasteiger charge is -2.39. The van der Waals surface area contributed by atoms with Crippen LogP contribution in [-0.2, 0) is 9.59 Å². The Labute approximate surface area is 424 Å². The molecule has 4 aliphatic heterocycles. The van der Waals surface area contributed by atoms with Gasteiger partial charge in [-0.25, -0.2) is 17.6 Å². The summed E-state index contributed by atoms with van der Waals surface area (Å²) in [6.45, 7) is 31.1. The van der Waals surface area contributed by atoms with Gasteiger partial charge in [0.15, 0.2) is 5.78 Å². The summed E-state index contributed by atoms with van der Waals surface area (Å²) in [6.07, 6.45) is -0.577. The van der Waals surface area contributed by atoms with Crippen molar-refractivity contribution in [3.63, 3.8) is 0 Å². The third-order valence-corrected chi connectivity index (χ3v) is 15.8. The van der Waals surface area contributed by atoms with E-state index in [1.807, 2.05) is 42.7 Å². The van der Waals surface area contributed by atoms with Crippen LogP contribution < -0.4 is 9.80 Å². The SMILES string of the molecule is CC(=O)c1cc(C)c(C)cc1N1CCN(C(=O)[C@@H]2CN(C(C)(C)C)C[C@H]2c2ccc(F)cc2F)CC1.Cc1cc(C(C)O)c(N2CCN(C(=O)[C@@H]3CN(C(C)(C)C)C[C@H]3c3ccc(F)cc3F)CC2)cc1C. The highest BCUT2D eigenvalue weighted by atomic mass is 19.1. The van der Waals surface area contributed by atoms with Crippen LogP contribution in [0.1, 0.15) is 123 Å². The fourth-order valence-corrected chi connectivity index (χ4v) is 11.0. The predicted molar refractivity (Wildman–Crippen MR) is 278 cm³/mol. The molecule has 0 saturated carbocycles. The first-order valence-corrected chi connectivity index (χ1v) is 25.6. The van der Waals surface area contributed by atoms with Gasteiger partial charge in [0.1, 0.15) is 23.3 Å². The molecule has 0 spiro atoms. The molecule has 4 aliphatic rings. The van der Waals surface area contributed by atoms with E-state index in [2.05, 4.69) is 80.2 Å². The second-order valence-electron chi connectivity index (χ2n) is 22.7. The van der Waals surface area contributed by atoms with Gasteiger partial charge in [-0.3, -0.25) is 24.2 Å². The first-order chi connectivity index (χ1) is 33.7. The van der Waals surface area contributed by atoms with Gasteiger partial charge in [-0.1, -0.05) is 18.2 Å². The summed E-state index contributed by atoms with van der Waals surface area (Å²) in [5.41, 5.74) is 8.57. The van der Waals surface area contributed by atoms with Crippen LogP contribution in [0.3, 0.4) is 0 Å². The van der Waals surface area contributed by atoms with Crippen molar-refractivity contribution in [1.29, 1.82) is 0 Å². The summed E-state index contributed by atoms with van der Waals surface area (Å²) < 4.78 is 56.8. The Bertz CT molecular complexity index is 2650. The number of aliphatic hydroxyl groups is 1. The number of anilines is 2. The number of benzene rings is 4. The second kappa shape index (κ2) is 21.6. The number of ketones is 1. The predicted octanol–water partition coefficient (Wildman–Crippen LogP) is 9.74. The third-order valence-electron chi connectivity index (χ3n) is 15.8. The molecule has 0 aromatic heterocycles. The number of piperazine rings is 2. The molecule has 390 valence electrons. The number of hydrogen-bond acceptors (Lipinski definition) is 8. The van der Waals surface area contributed by atoms with Gasteiger partial charge in [0, 0.05) is 136 Å². The third kappa shape index (κ3) is 11.9. The number of carbonyl (C=O) groups excluding carboxylic acids is 3. The molecule has 4 fully saturated rings. The monoisotopic (exact) mass is 997 g/mol. The van der Waals surface area contributed by atoms with E-state index >= 15 is 0 Å². The Morgan fingerprint density at radius 2 is 0.917 bits per heavy atom. The van der Waals surface area contributed by atoms with Crippen molar-refractivity contribution in [1.82, 2.24) is 19.6 Å². The Morgan fingerprint density at radius 1 is 0.542 bits per heavy atom. The molecule has 10 nitrogen and oxygen atoms in total. The van der Waals surface area contributed by atoms with Gasteiger partial charge in [0.2, 0.25) is 11.8 Å². The molecule has 4 heterocycles. The first kappa shape index (κ1) is 54.5. The van der Waals surface area contributed by atoms with Gasteiger partial charge in [-0.2, -0.15) is 0 Å². The van der Waals surface area contributed by atoms with Crippen molar-refractivity contribution in [3.8, 4) is 0 Å². The standard InChI is InChI=1S/C29H39F2N3O2.C29H37F2N3O2/c2*1-18-13-23(20(3)35)27(14-19(18)2)32-9-11-33(12-10-32)28(36)25-17-34(29(4,5)6)16-24(25)22-8-7-21(30)15-26(22)31/h7-8,13-15,20,24-25,35H,9-12,16-17H2,1-6H3;7-8,13-15,24-25H,9-12,16-17H2,1-6H3/t20?,24-,25+;24-,25+/m00/s1. The highest BCUT2D eigenvalue weighted by molar-refractivity contribution is 6.00. The molecule has 1 unspecified atom stereocenters. The number of rotatable bonds is 8. The minimum atomic E-state index is -0.614. The van der Waals surface area contributed by atoms with E-state index in [0.29, 0.717) is 95.2 Å². The van der Waals surface area contributed by atoms with E-state index in [1.54, 1.807) is 13.8 Å². The van der Waals surface area contributed by atoms with Crippen molar-refractivity contribution in [2.24, 2.45) is 11.8 Å². The maximum Gasteiger partial charge on any atom is 0.227 e. The van der Waals surface area contributed by atoms with E-state index in [4.69, 9.17) is 0 Å². The van der Waals surface area contributed by atoms with Crippen LogP contribution in [0, 0.1) is 62.8 Å². The van der Waals surface area contributed by atoms with Crippen LogP contribution in [0.15, 0.2) is 60.7 Å². The molecule has 1 N–H and O–H groups in total. The Morgan fingerprint density at radius 3 is 1.29 bits per heavy atom. The molecule has 0 aliphatic carbocycles. The normalized spacial score (nSPS) is 21.7. The van der Waals surface area contributed by atoms with Gasteiger partial charge >= 0.3 is 0 Å². The van der Waals surface area contributed by atoms with Crippen molar-refractivity contribution >= 4 is 29.0 Å². The second-order valence-corrected chi connectivity index (χ2v) is 22.7. The summed E-state index contributed by atoms with van der Waals surface area (Å²) in [5, 5.41) is 10.4. The van der Waals surface area contributed by atoms with Crippen molar-refractivity contribution in [2.45, 2.75) is 112 Å². The zero-order valence-corrected chi connectivity index (χ0v) is 44.5. The lowest BCUT2D eigenvalue weighted by Crippen LogP contribution is -2.51. The number of hydrogen-bond donors (Lipinski definition) is 1. The average Bonchev–Trinajstić information content (AvgIpc) is 3.97. The van der Waals surface area contributed by atoms with E-state index in [0.717, 1.165) is 45.8 Å². The number of halogens is 4. The fraction of sp³-hybridized carbons (Fsp3) is 0.534. The van der Waals surface area contributed by atoms with Crippen LogP contribution in [0.2, 0.25) is 0 Å². The molecule has 8 rings (SSSR count). The lowest BCUT2D eigenvalue weighted by molar-refractivity contribution is -0.136. The largest absolute Gasteiger partial charge is 0.389 e. The lowest BCUT2D eigenvalue weighted by atomic mass is 9.87. The highest BCUT2D eigenvalue weighted by Gasteiger charge is 2.46. The van der Waals surface area contributed by atoms with Crippen LogP contribution in [0.25, 0.3) is 0 Å². The number of likely N-dealkylation sites (tertiary alicyclic amines) is 2. The summed E-state index contributed by atoms with van der Waals surface area (Å²) in [4.78, 5) is 52.5. The molecule has 2 amide bonds. The zero-order valence-electron chi connectivity index (χ0n) is 44.5. The molecule has 72 heavy (non-hydrogen) atoms. The van der Waals surface area contributed by atoms with Crippen molar-refractivity contribution in [2.75, 3.05) is 88.3 Å². The van der Waals surface area contributed by atoms with Gasteiger partial charge in [-0.15, -0.1) is 0 Å². The number of nitrogens with zero attached hydrogens (tertiary/aromatic N) is 6. The minimum absolute atomic E-state index is 0.0157. The minimum Gasteiger partial charge on any atom is -0.389 e. The molecular formula is C58H76F4N6O4. The van der Waals surface area contributed by atoms with Crippen LogP contribution in [0.4, 0.5) is 28.9 Å². The molecular weight excluding hydrogens is 921 g/mol. The quantitative estimate of drug-likeness (QED) is 0.138.